The van der Waals surface area contributed by atoms with E-state index in [2.05, 4.69) is 0 Å². The number of halogens is 8. The van der Waals surface area contributed by atoms with Gasteiger partial charge in [0, 0.05) is 0 Å². The van der Waals surface area contributed by atoms with Crippen molar-refractivity contribution in [3.8, 4) is 0 Å². The average Bonchev–Trinajstić information content (AvgIpc) is 2.54. The molecule has 0 spiro atoms. The Hall–Kier alpha value is -1.08. The minimum atomic E-state index is -5.39. The van der Waals surface area contributed by atoms with Crippen molar-refractivity contribution in [3.05, 3.63) is 22.8 Å². The van der Waals surface area contributed by atoms with Gasteiger partial charge < -0.3 is 0 Å². The summed E-state index contributed by atoms with van der Waals surface area (Å²) in [6.07, 6.45) is -13.7. The molecular weight excluding hydrogens is 224 g/mol. The molecular formula is C6F8. The van der Waals surface area contributed by atoms with Crippen LogP contribution in [0.25, 0.3) is 0 Å². The van der Waals surface area contributed by atoms with Gasteiger partial charge in [0.2, 0.25) is 0 Å². The quantitative estimate of drug-likeness (QED) is 0.551. The highest BCUT2D eigenvalue weighted by Gasteiger charge is 2.61. The van der Waals surface area contributed by atoms with Crippen LogP contribution < -0.4 is 0 Å². The molecule has 8 heteroatoms. The molecule has 0 saturated carbocycles. The summed E-state index contributed by atoms with van der Waals surface area (Å²) in [7, 11) is 0. The van der Waals surface area contributed by atoms with Crippen molar-refractivity contribution in [2.45, 2.75) is 12.4 Å². The number of hydrogen-bond acceptors (Lipinski definition) is 0. The van der Waals surface area contributed by atoms with Gasteiger partial charge in [-0.1, -0.05) is 0 Å². The molecule has 0 unspecified atom stereocenters. The van der Waals surface area contributed by atoms with E-state index in [4.69, 9.17) is 0 Å². The number of hydrogen-bond donors (Lipinski definition) is 0. The molecule has 0 N–H and O–H groups in total. The van der Waals surface area contributed by atoms with Gasteiger partial charge in [-0.15, -0.1) is 0 Å². The van der Waals surface area contributed by atoms with E-state index >= 15 is 0 Å². The zero-order valence-electron chi connectivity index (χ0n) is 6.02. The normalized spacial score (nSPS) is 17.6. The fourth-order valence-electron chi connectivity index (χ4n) is 0.943. The fourth-order valence-corrected chi connectivity index (χ4v) is 0.943. The summed E-state index contributed by atoms with van der Waals surface area (Å²) < 4.78 is 93.5. The van der Waals surface area contributed by atoms with Crippen LogP contribution in [0.5, 0.6) is 0 Å². The molecule has 0 aliphatic heterocycles. The minimum absolute atomic E-state index is 2.02. The molecule has 0 nitrogen and oxygen atoms in total. The van der Waals surface area contributed by atoms with Gasteiger partial charge in [0.25, 0.3) is 6.08 Å². The summed E-state index contributed by atoms with van der Waals surface area (Å²) in [6, 6.07) is 0. The summed E-state index contributed by atoms with van der Waals surface area (Å²) in [5.74, 6) is 0. The Labute approximate surface area is 71.5 Å². The Morgan fingerprint density at radius 2 is 1.00 bits per heavy atom. The summed E-state index contributed by atoms with van der Waals surface area (Å²) in [5.41, 5.74) is -6.57. The van der Waals surface area contributed by atoms with Crippen LogP contribution >= 0.6 is 0 Å². The van der Waals surface area contributed by atoms with Crippen LogP contribution in [0.1, 0.15) is 0 Å². The second-order valence-electron chi connectivity index (χ2n) is 2.38. The lowest BCUT2D eigenvalue weighted by Gasteiger charge is -1.98. The van der Waals surface area contributed by atoms with Crippen LogP contribution in [-0.4, -0.2) is 12.4 Å². The predicted molar refractivity (Wildman–Crippen MR) is 28.4 cm³/mol. The smallest absolute Gasteiger partial charge is 0.173 e. The number of rotatable bonds is 0. The molecule has 0 heterocycles. The Bertz CT molecular complexity index is 295. The average molecular weight is 224 g/mol. The standard InChI is InChI=1S/C6F8/c7-4(8)1-2(5(9,10)11)3(1)6(12,13)14. The van der Waals surface area contributed by atoms with E-state index in [0.29, 0.717) is 0 Å². The van der Waals surface area contributed by atoms with Gasteiger partial charge >= 0.3 is 12.4 Å². The van der Waals surface area contributed by atoms with Crippen molar-refractivity contribution in [2.24, 2.45) is 0 Å². The molecule has 0 aromatic carbocycles. The van der Waals surface area contributed by atoms with Crippen molar-refractivity contribution < 1.29 is 35.1 Å². The molecule has 1 rings (SSSR count). The van der Waals surface area contributed by atoms with Crippen LogP contribution in [-0.2, 0) is 0 Å². The number of alkyl halides is 6. The van der Waals surface area contributed by atoms with E-state index in [1.54, 1.807) is 0 Å². The zero-order chi connectivity index (χ0) is 11.3. The fraction of sp³-hybridized carbons (Fsp3) is 0.333. The highest BCUT2D eigenvalue weighted by Crippen LogP contribution is 2.57. The molecule has 0 aromatic rings. The van der Waals surface area contributed by atoms with Gasteiger partial charge in [-0.3, -0.25) is 0 Å². The second kappa shape index (κ2) is 2.71. The Morgan fingerprint density at radius 3 is 1.07 bits per heavy atom. The van der Waals surface area contributed by atoms with Gasteiger partial charge in [-0.2, -0.15) is 35.1 Å². The molecule has 14 heavy (non-hydrogen) atoms. The van der Waals surface area contributed by atoms with Gasteiger partial charge in [0.05, 0.1) is 16.7 Å². The van der Waals surface area contributed by atoms with Crippen LogP contribution in [0.2, 0.25) is 0 Å². The highest BCUT2D eigenvalue weighted by molar-refractivity contribution is 5.71. The summed E-state index contributed by atoms with van der Waals surface area (Å²) in [5, 5.41) is 0. The van der Waals surface area contributed by atoms with Crippen LogP contribution in [0.15, 0.2) is 22.8 Å². The summed E-state index contributed by atoms with van der Waals surface area (Å²) in [4.78, 5) is 0. The zero-order valence-corrected chi connectivity index (χ0v) is 6.02. The van der Waals surface area contributed by atoms with E-state index < -0.39 is 35.2 Å². The Morgan fingerprint density at radius 1 is 0.714 bits per heavy atom. The van der Waals surface area contributed by atoms with Crippen molar-refractivity contribution in [2.75, 3.05) is 0 Å². The maximum absolute atomic E-state index is 11.7. The largest absolute Gasteiger partial charge is 0.417 e. The monoisotopic (exact) mass is 224 g/mol. The third-order valence-electron chi connectivity index (χ3n) is 1.44. The maximum atomic E-state index is 11.7. The summed E-state index contributed by atoms with van der Waals surface area (Å²) >= 11 is 0. The van der Waals surface area contributed by atoms with E-state index in [-0.39, 0.29) is 0 Å². The lowest BCUT2D eigenvalue weighted by molar-refractivity contribution is -0.0981. The third kappa shape index (κ3) is 1.73. The highest BCUT2D eigenvalue weighted by atomic mass is 19.4. The molecule has 0 saturated heterocycles. The lowest BCUT2D eigenvalue weighted by atomic mass is 10.4. The third-order valence-corrected chi connectivity index (χ3v) is 1.44. The van der Waals surface area contributed by atoms with Gasteiger partial charge in [-0.25, -0.2) is 0 Å². The first-order valence-corrected chi connectivity index (χ1v) is 3.01. The van der Waals surface area contributed by atoms with Gasteiger partial charge in [-0.05, 0) is 0 Å². The van der Waals surface area contributed by atoms with Crippen LogP contribution in [0, 0.1) is 0 Å². The molecule has 80 valence electrons. The predicted octanol–water partition coefficient (Wildman–Crippen LogP) is 3.57. The Balaban J connectivity index is 3.16. The second-order valence-corrected chi connectivity index (χ2v) is 2.38. The van der Waals surface area contributed by atoms with Crippen molar-refractivity contribution in [1.29, 1.82) is 0 Å². The number of allylic oxidation sites excluding steroid dienone is 3. The molecule has 0 radical (unpaired) electrons. The van der Waals surface area contributed by atoms with Crippen LogP contribution in [0.4, 0.5) is 35.1 Å². The van der Waals surface area contributed by atoms with E-state index in [1.807, 2.05) is 0 Å². The van der Waals surface area contributed by atoms with Gasteiger partial charge in [0.1, 0.15) is 0 Å². The summed E-state index contributed by atoms with van der Waals surface area (Å²) in [6.45, 7) is 0. The first kappa shape index (κ1) is 11.0. The van der Waals surface area contributed by atoms with E-state index in [0.717, 1.165) is 0 Å². The first-order chi connectivity index (χ1) is 6.07. The first-order valence-electron chi connectivity index (χ1n) is 3.01. The molecule has 1 aliphatic carbocycles. The SMILES string of the molecule is FC(F)=C1C(C(F)(F)F)=C1C(F)(F)F. The molecule has 0 amide bonds. The van der Waals surface area contributed by atoms with E-state index in [9.17, 15) is 35.1 Å². The Kier molecular flexibility index (Phi) is 2.13. The van der Waals surface area contributed by atoms with Crippen LogP contribution in [0.3, 0.4) is 0 Å². The maximum Gasteiger partial charge on any atom is 0.417 e. The van der Waals surface area contributed by atoms with Crippen molar-refractivity contribution in [1.82, 2.24) is 0 Å². The molecule has 0 atom stereocenters. The topological polar surface area (TPSA) is 0 Å². The lowest BCUT2D eigenvalue weighted by Crippen LogP contribution is -2.07. The molecule has 1 aliphatic rings. The van der Waals surface area contributed by atoms with E-state index in [1.165, 1.54) is 0 Å². The van der Waals surface area contributed by atoms with Crippen molar-refractivity contribution >= 4 is 0 Å². The molecule has 0 fully saturated rings. The minimum Gasteiger partial charge on any atom is -0.173 e. The van der Waals surface area contributed by atoms with Crippen molar-refractivity contribution in [3.63, 3.8) is 0 Å². The van der Waals surface area contributed by atoms with Gasteiger partial charge in [0.15, 0.2) is 0 Å². The molecule has 0 bridgehead atoms. The molecule has 0 aromatic heterocycles.